The van der Waals surface area contributed by atoms with Gasteiger partial charge in [-0.2, -0.15) is 0 Å². The average Bonchev–Trinajstić information content (AvgIpc) is 2.68. The molecule has 17 heavy (non-hydrogen) atoms. The maximum Gasteiger partial charge on any atom is 0.307 e. The predicted octanol–water partition coefficient (Wildman–Crippen LogP) is 1.64. The van der Waals surface area contributed by atoms with Gasteiger partial charge in [0.05, 0.1) is 19.4 Å². The minimum atomic E-state index is -0.919. The Bertz CT molecular complexity index is 459. The third-order valence-electron chi connectivity index (χ3n) is 2.48. The molecule has 4 nitrogen and oxygen atoms in total. The number of ether oxygens (including phenoxy) is 1. The van der Waals surface area contributed by atoms with Crippen LogP contribution in [0.25, 0.3) is 0 Å². The number of rotatable bonds is 4. The minimum Gasteiger partial charge on any atom is -0.481 e. The number of carboxylic acids is 1. The van der Waals surface area contributed by atoms with Gasteiger partial charge in [0.25, 0.3) is 0 Å². The predicted molar refractivity (Wildman–Crippen MR) is 59.5 cm³/mol. The molecular formula is C12H12FNO3. The van der Waals surface area contributed by atoms with Crippen LogP contribution < -0.4 is 0 Å². The Labute approximate surface area is 97.7 Å². The highest BCUT2D eigenvalue weighted by Gasteiger charge is 2.22. The van der Waals surface area contributed by atoms with E-state index in [2.05, 4.69) is 4.99 Å². The highest BCUT2D eigenvalue weighted by Crippen LogP contribution is 2.14. The van der Waals surface area contributed by atoms with Crippen molar-refractivity contribution in [1.29, 1.82) is 0 Å². The Morgan fingerprint density at radius 3 is 3.00 bits per heavy atom. The Hall–Kier alpha value is -1.91. The molecule has 0 aliphatic carbocycles. The van der Waals surface area contributed by atoms with E-state index in [-0.39, 0.29) is 18.7 Å². The second-order valence-corrected chi connectivity index (χ2v) is 3.84. The van der Waals surface area contributed by atoms with Crippen LogP contribution in [0, 0.1) is 5.82 Å². The molecule has 0 fully saturated rings. The van der Waals surface area contributed by atoms with E-state index < -0.39 is 12.1 Å². The maximum absolute atomic E-state index is 13.3. The summed E-state index contributed by atoms with van der Waals surface area (Å²) in [7, 11) is 0. The first-order chi connectivity index (χ1) is 8.15. The van der Waals surface area contributed by atoms with Gasteiger partial charge in [0.15, 0.2) is 5.90 Å². The van der Waals surface area contributed by atoms with Crippen molar-refractivity contribution < 1.29 is 19.0 Å². The lowest BCUT2D eigenvalue weighted by Crippen LogP contribution is -2.18. The number of hydrogen-bond donors (Lipinski definition) is 1. The lowest BCUT2D eigenvalue weighted by molar-refractivity contribution is -0.138. The number of nitrogens with zero attached hydrogens (tertiary/aromatic N) is 1. The van der Waals surface area contributed by atoms with Crippen molar-refractivity contribution in [1.82, 2.24) is 0 Å². The van der Waals surface area contributed by atoms with Gasteiger partial charge in [0, 0.05) is 0 Å². The van der Waals surface area contributed by atoms with Gasteiger partial charge in [0.1, 0.15) is 11.9 Å². The number of aliphatic imine (C=N–C) groups is 1. The summed E-state index contributed by atoms with van der Waals surface area (Å²) in [6.07, 6.45) is -0.234. The smallest absolute Gasteiger partial charge is 0.307 e. The summed E-state index contributed by atoms with van der Waals surface area (Å²) in [6.45, 7) is 0.329. The first kappa shape index (κ1) is 11.6. The normalized spacial score (nSPS) is 18.6. The molecule has 5 heteroatoms. The number of hydrogen-bond acceptors (Lipinski definition) is 3. The Morgan fingerprint density at radius 2 is 2.29 bits per heavy atom. The molecule has 1 unspecified atom stereocenters. The molecule has 1 aromatic carbocycles. The second-order valence-electron chi connectivity index (χ2n) is 3.84. The molecule has 0 saturated carbocycles. The van der Waals surface area contributed by atoms with Crippen LogP contribution in [0.4, 0.5) is 4.39 Å². The summed E-state index contributed by atoms with van der Waals surface area (Å²) in [5.74, 6) is -0.820. The average molecular weight is 237 g/mol. The van der Waals surface area contributed by atoms with Crippen molar-refractivity contribution in [3.05, 3.63) is 35.6 Å². The van der Waals surface area contributed by atoms with Crippen LogP contribution >= 0.6 is 0 Å². The maximum atomic E-state index is 13.3. The van der Waals surface area contributed by atoms with Gasteiger partial charge in [-0.05, 0) is 11.6 Å². The van der Waals surface area contributed by atoms with Gasteiger partial charge >= 0.3 is 5.97 Å². The van der Waals surface area contributed by atoms with Crippen molar-refractivity contribution >= 4 is 11.9 Å². The lowest BCUT2D eigenvalue weighted by Gasteiger charge is -2.08. The highest BCUT2D eigenvalue weighted by molar-refractivity contribution is 5.81. The molecule has 1 aliphatic heterocycles. The van der Waals surface area contributed by atoms with E-state index in [0.717, 1.165) is 0 Å². The van der Waals surface area contributed by atoms with Gasteiger partial charge in [0.2, 0.25) is 0 Å². The molecule has 1 atom stereocenters. The zero-order valence-corrected chi connectivity index (χ0v) is 9.10. The van der Waals surface area contributed by atoms with E-state index in [1.54, 1.807) is 18.2 Å². The Morgan fingerprint density at radius 1 is 1.53 bits per heavy atom. The molecule has 90 valence electrons. The molecule has 1 aliphatic rings. The Kier molecular flexibility index (Phi) is 3.37. The van der Waals surface area contributed by atoms with Gasteiger partial charge in [-0.15, -0.1) is 0 Å². The van der Waals surface area contributed by atoms with E-state index in [4.69, 9.17) is 9.84 Å². The minimum absolute atomic E-state index is 0.0791. The quantitative estimate of drug-likeness (QED) is 0.866. The number of benzene rings is 1. The summed E-state index contributed by atoms with van der Waals surface area (Å²) in [6, 6.07) is 6.39. The highest BCUT2D eigenvalue weighted by atomic mass is 19.1. The van der Waals surface area contributed by atoms with E-state index in [1.165, 1.54) is 6.07 Å². The molecule has 0 saturated heterocycles. The molecule has 2 rings (SSSR count). The van der Waals surface area contributed by atoms with Crippen LogP contribution in [0.15, 0.2) is 29.3 Å². The van der Waals surface area contributed by atoms with Crippen molar-refractivity contribution in [3.8, 4) is 0 Å². The number of aliphatic carboxylic acids is 1. The first-order valence-electron chi connectivity index (χ1n) is 5.30. The molecule has 1 heterocycles. The van der Waals surface area contributed by atoms with E-state index in [9.17, 15) is 9.18 Å². The van der Waals surface area contributed by atoms with Crippen LogP contribution in [0.5, 0.6) is 0 Å². The molecule has 0 spiro atoms. The van der Waals surface area contributed by atoms with Crippen LogP contribution in [0.2, 0.25) is 0 Å². The third kappa shape index (κ3) is 3.03. The monoisotopic (exact) mass is 237 g/mol. The first-order valence-corrected chi connectivity index (χ1v) is 5.30. The van der Waals surface area contributed by atoms with Crippen molar-refractivity contribution in [2.24, 2.45) is 4.99 Å². The zero-order chi connectivity index (χ0) is 12.3. The van der Waals surface area contributed by atoms with Gasteiger partial charge < -0.3 is 9.84 Å². The number of carbonyl (C=O) groups is 1. The van der Waals surface area contributed by atoms with Crippen LogP contribution in [0.3, 0.4) is 0 Å². The fraction of sp³-hybridized carbons (Fsp3) is 0.333. The molecular weight excluding hydrogens is 225 g/mol. The number of halogens is 1. The topological polar surface area (TPSA) is 58.9 Å². The van der Waals surface area contributed by atoms with Crippen molar-refractivity contribution in [2.75, 3.05) is 6.54 Å². The molecule has 0 radical (unpaired) electrons. The zero-order valence-electron chi connectivity index (χ0n) is 9.10. The fourth-order valence-corrected chi connectivity index (χ4v) is 1.67. The standard InChI is InChI=1S/C12H12FNO3/c13-10-4-2-1-3-8(10)5-11-14-7-9(17-11)6-12(15)16/h1-4,9H,5-7H2,(H,15,16). The van der Waals surface area contributed by atoms with Crippen LogP contribution in [-0.4, -0.2) is 29.6 Å². The number of carboxylic acid groups (broad SMARTS) is 1. The van der Waals surface area contributed by atoms with E-state index >= 15 is 0 Å². The lowest BCUT2D eigenvalue weighted by atomic mass is 10.1. The summed E-state index contributed by atoms with van der Waals surface area (Å²) in [5.41, 5.74) is 0.502. The summed E-state index contributed by atoms with van der Waals surface area (Å²) < 4.78 is 18.7. The van der Waals surface area contributed by atoms with E-state index in [0.29, 0.717) is 18.0 Å². The fourth-order valence-electron chi connectivity index (χ4n) is 1.67. The summed E-state index contributed by atoms with van der Waals surface area (Å²) >= 11 is 0. The van der Waals surface area contributed by atoms with Gasteiger partial charge in [-0.3, -0.25) is 9.79 Å². The SMILES string of the molecule is O=C(O)CC1CN=C(Cc2ccccc2F)O1. The third-order valence-corrected chi connectivity index (χ3v) is 2.48. The molecule has 0 amide bonds. The van der Waals surface area contributed by atoms with Crippen LogP contribution in [0.1, 0.15) is 12.0 Å². The molecule has 0 bridgehead atoms. The summed E-state index contributed by atoms with van der Waals surface area (Å²) in [5, 5.41) is 8.60. The molecule has 0 aromatic heterocycles. The van der Waals surface area contributed by atoms with E-state index in [1.807, 2.05) is 0 Å². The van der Waals surface area contributed by atoms with Crippen molar-refractivity contribution in [2.45, 2.75) is 18.9 Å². The summed E-state index contributed by atoms with van der Waals surface area (Å²) in [4.78, 5) is 14.6. The van der Waals surface area contributed by atoms with Gasteiger partial charge in [-0.1, -0.05) is 18.2 Å². The van der Waals surface area contributed by atoms with Gasteiger partial charge in [-0.25, -0.2) is 4.39 Å². The largest absolute Gasteiger partial charge is 0.481 e. The molecule has 1 N–H and O–H groups in total. The van der Waals surface area contributed by atoms with Crippen molar-refractivity contribution in [3.63, 3.8) is 0 Å². The second kappa shape index (κ2) is 4.95. The Balaban J connectivity index is 1.94. The van der Waals surface area contributed by atoms with Crippen LogP contribution in [-0.2, 0) is 16.0 Å². The molecule has 1 aromatic rings.